The van der Waals surface area contributed by atoms with E-state index in [0.717, 1.165) is 16.7 Å². The van der Waals surface area contributed by atoms with Crippen LogP contribution < -0.4 is 10.7 Å². The van der Waals surface area contributed by atoms with E-state index in [1.807, 2.05) is 84.1 Å². The Labute approximate surface area is 251 Å². The predicted molar refractivity (Wildman–Crippen MR) is 166 cm³/mol. The van der Waals surface area contributed by atoms with Crippen molar-refractivity contribution in [3.63, 3.8) is 0 Å². The Hall–Kier alpha value is -3.53. The quantitative estimate of drug-likeness (QED) is 0.205. The van der Waals surface area contributed by atoms with Crippen molar-refractivity contribution in [1.82, 2.24) is 14.8 Å². The molecule has 4 rings (SSSR count). The Balaban J connectivity index is 1.59. The first-order valence-electron chi connectivity index (χ1n) is 14.0. The van der Waals surface area contributed by atoms with Crippen LogP contribution in [0.4, 0.5) is 0 Å². The lowest BCUT2D eigenvalue weighted by molar-refractivity contribution is 0.0669. The second-order valence-electron chi connectivity index (χ2n) is 10.3. The molecule has 2 atom stereocenters. The van der Waals surface area contributed by atoms with Crippen LogP contribution in [0.1, 0.15) is 40.1 Å². The number of amides is 1. The topological polar surface area (TPSA) is 93.0 Å². The van der Waals surface area contributed by atoms with Gasteiger partial charge < -0.3 is 24.5 Å². The summed E-state index contributed by atoms with van der Waals surface area (Å²) in [7, 11) is 3.56. The van der Waals surface area contributed by atoms with Gasteiger partial charge in [0.1, 0.15) is 5.56 Å². The number of carbonyl (C=O) groups excluding carboxylic acids is 1. The summed E-state index contributed by atoms with van der Waals surface area (Å²) in [5, 5.41) is 14.8. The molecule has 0 aliphatic heterocycles. The molecule has 9 heteroatoms. The zero-order chi connectivity index (χ0) is 30.1. The summed E-state index contributed by atoms with van der Waals surface area (Å²) in [5.74, 6) is -0.451. The molecule has 1 amide bonds. The molecule has 4 aromatic rings. The van der Waals surface area contributed by atoms with Crippen LogP contribution in [0.25, 0.3) is 10.9 Å². The van der Waals surface area contributed by atoms with Gasteiger partial charge in [-0.1, -0.05) is 60.1 Å². The second kappa shape index (κ2) is 15.1. The maximum Gasteiger partial charge on any atom is 0.257 e. The fourth-order valence-corrected chi connectivity index (χ4v) is 4.90. The maximum atomic E-state index is 13.7. The average molecular weight is 592 g/mol. The fourth-order valence-electron chi connectivity index (χ4n) is 4.78. The third-order valence-corrected chi connectivity index (χ3v) is 7.64. The monoisotopic (exact) mass is 591 g/mol. The Morgan fingerprint density at radius 1 is 1.02 bits per heavy atom. The number of halogens is 1. The average Bonchev–Trinajstić information content (AvgIpc) is 3.01. The highest BCUT2D eigenvalue weighted by Crippen LogP contribution is 2.22. The molecule has 1 aromatic heterocycles. The van der Waals surface area contributed by atoms with Crippen LogP contribution >= 0.6 is 11.6 Å². The zero-order valence-corrected chi connectivity index (χ0v) is 25.0. The maximum absolute atomic E-state index is 13.7. The van der Waals surface area contributed by atoms with E-state index in [2.05, 4.69) is 5.32 Å². The van der Waals surface area contributed by atoms with Gasteiger partial charge in [0.05, 0.1) is 31.4 Å². The van der Waals surface area contributed by atoms with E-state index in [1.165, 1.54) is 0 Å². The number of rotatable bonds is 14. The second-order valence-corrected chi connectivity index (χ2v) is 10.8. The lowest BCUT2D eigenvalue weighted by atomic mass is 10.0. The van der Waals surface area contributed by atoms with Crippen LogP contribution in [0.15, 0.2) is 83.8 Å². The Bertz CT molecular complexity index is 1520. The first-order valence-corrected chi connectivity index (χ1v) is 14.3. The van der Waals surface area contributed by atoms with Crippen LogP contribution in [0, 0.1) is 0 Å². The van der Waals surface area contributed by atoms with Crippen molar-refractivity contribution in [3.8, 4) is 0 Å². The number of aromatic nitrogens is 1. The van der Waals surface area contributed by atoms with Crippen molar-refractivity contribution in [2.45, 2.75) is 38.7 Å². The summed E-state index contributed by atoms with van der Waals surface area (Å²) in [6.07, 6.45) is 0.939. The molecule has 0 aliphatic rings. The van der Waals surface area contributed by atoms with E-state index in [-0.39, 0.29) is 23.6 Å². The van der Waals surface area contributed by atoms with Crippen molar-refractivity contribution < 1.29 is 19.4 Å². The first-order chi connectivity index (χ1) is 20.3. The fraction of sp³-hybridized carbons (Fsp3) is 0.333. The highest BCUT2D eigenvalue weighted by molar-refractivity contribution is 6.30. The van der Waals surface area contributed by atoms with Gasteiger partial charge in [-0.05, 0) is 54.9 Å². The van der Waals surface area contributed by atoms with Gasteiger partial charge in [-0.2, -0.15) is 0 Å². The van der Waals surface area contributed by atoms with E-state index < -0.39 is 12.0 Å². The smallest absolute Gasteiger partial charge is 0.257 e. The number of hydrogen-bond acceptors (Lipinski definition) is 6. The Morgan fingerprint density at radius 2 is 1.74 bits per heavy atom. The van der Waals surface area contributed by atoms with Gasteiger partial charge in [-0.15, -0.1) is 0 Å². The number of aliphatic hydroxyl groups excluding tert-OH is 1. The Morgan fingerprint density at radius 3 is 2.45 bits per heavy atom. The minimum Gasteiger partial charge on any atom is -0.387 e. The van der Waals surface area contributed by atoms with Gasteiger partial charge in [-0.3, -0.25) is 14.5 Å². The molecule has 222 valence electrons. The molecule has 8 nitrogen and oxygen atoms in total. The summed E-state index contributed by atoms with van der Waals surface area (Å²) < 4.78 is 12.6. The van der Waals surface area contributed by atoms with E-state index in [4.69, 9.17) is 21.1 Å². The Kier molecular flexibility index (Phi) is 11.3. The number of fused-ring (bicyclic) bond motifs is 1. The van der Waals surface area contributed by atoms with Gasteiger partial charge in [0, 0.05) is 49.4 Å². The summed E-state index contributed by atoms with van der Waals surface area (Å²) in [5.41, 5.74) is 3.06. The number of benzene rings is 3. The van der Waals surface area contributed by atoms with Crippen molar-refractivity contribution in [3.05, 3.63) is 116 Å². The standard InChI is InChI=1S/C33H38ClN3O5/c1-23(31(38)26-7-5-4-6-8-26)36(2)21-25-11-14-30-28(19-25)32(39)29(22-37(30)15-16-42-18-17-41-3)33(40)35-20-24-9-12-27(34)13-10-24/h4-14,19,22-23,31,38H,15-18,20-21H2,1-3H3,(H,35,40)/t23-,31+/m1/s1. The van der Waals surface area contributed by atoms with Crippen molar-refractivity contribution >= 4 is 28.4 Å². The number of carbonyl (C=O) groups is 1. The normalized spacial score (nSPS) is 12.9. The van der Waals surface area contributed by atoms with Crippen LogP contribution in [-0.2, 0) is 29.1 Å². The lowest BCUT2D eigenvalue weighted by Gasteiger charge is -2.29. The molecule has 0 fully saturated rings. The number of pyridine rings is 1. The summed E-state index contributed by atoms with van der Waals surface area (Å²) >= 11 is 5.97. The minimum absolute atomic E-state index is 0.0618. The van der Waals surface area contributed by atoms with Gasteiger partial charge in [0.2, 0.25) is 5.43 Å². The molecule has 0 saturated carbocycles. The summed E-state index contributed by atoms with van der Waals surface area (Å²) in [6.45, 7) is 4.53. The number of nitrogens with one attached hydrogen (secondary N) is 1. The van der Waals surface area contributed by atoms with Crippen LogP contribution in [0.3, 0.4) is 0 Å². The van der Waals surface area contributed by atoms with Gasteiger partial charge in [0.15, 0.2) is 0 Å². The van der Waals surface area contributed by atoms with Gasteiger partial charge in [-0.25, -0.2) is 0 Å². The van der Waals surface area contributed by atoms with E-state index >= 15 is 0 Å². The zero-order valence-electron chi connectivity index (χ0n) is 24.3. The molecule has 2 N–H and O–H groups in total. The van der Waals surface area contributed by atoms with Crippen LogP contribution in [0.2, 0.25) is 5.02 Å². The molecule has 0 bridgehead atoms. The number of ether oxygens (including phenoxy) is 2. The molecule has 0 radical (unpaired) electrons. The van der Waals surface area contributed by atoms with Crippen molar-refractivity contribution in [1.29, 1.82) is 0 Å². The molecule has 0 aliphatic carbocycles. The van der Waals surface area contributed by atoms with Gasteiger partial charge in [0.25, 0.3) is 5.91 Å². The van der Waals surface area contributed by atoms with Gasteiger partial charge >= 0.3 is 0 Å². The number of likely N-dealkylation sites (N-methyl/N-ethyl adjacent to an activating group) is 1. The summed E-state index contributed by atoms with van der Waals surface area (Å²) in [6, 6.07) is 22.3. The number of aliphatic hydroxyl groups is 1. The van der Waals surface area contributed by atoms with E-state index in [0.29, 0.717) is 48.8 Å². The lowest BCUT2D eigenvalue weighted by Crippen LogP contribution is -2.34. The van der Waals surface area contributed by atoms with E-state index in [1.54, 1.807) is 25.4 Å². The molecular formula is C33H38ClN3O5. The SMILES string of the molecule is COCCOCCn1cc(C(=O)NCc2ccc(Cl)cc2)c(=O)c2cc(CN(C)[C@H](C)[C@H](O)c3ccccc3)ccc21. The molecule has 0 unspecified atom stereocenters. The minimum atomic E-state index is -0.664. The van der Waals surface area contributed by atoms with Crippen LogP contribution in [0.5, 0.6) is 0 Å². The predicted octanol–water partition coefficient (Wildman–Crippen LogP) is 4.80. The molecule has 0 saturated heterocycles. The largest absolute Gasteiger partial charge is 0.387 e. The number of methoxy groups -OCH3 is 1. The molecular weight excluding hydrogens is 554 g/mol. The number of nitrogens with zero attached hydrogens (tertiary/aromatic N) is 2. The molecule has 0 spiro atoms. The highest BCUT2D eigenvalue weighted by atomic mass is 35.5. The van der Waals surface area contributed by atoms with Crippen molar-refractivity contribution in [2.75, 3.05) is 34.0 Å². The molecule has 1 heterocycles. The summed E-state index contributed by atoms with van der Waals surface area (Å²) in [4.78, 5) is 29.0. The first kappa shape index (κ1) is 31.4. The third kappa shape index (κ3) is 8.06. The molecule has 42 heavy (non-hydrogen) atoms. The van der Waals surface area contributed by atoms with Crippen LogP contribution in [-0.4, -0.2) is 60.5 Å². The van der Waals surface area contributed by atoms with E-state index in [9.17, 15) is 14.7 Å². The highest BCUT2D eigenvalue weighted by Gasteiger charge is 2.21. The third-order valence-electron chi connectivity index (χ3n) is 7.39. The molecule has 3 aromatic carbocycles. The van der Waals surface area contributed by atoms with Crippen molar-refractivity contribution in [2.24, 2.45) is 0 Å². The number of hydrogen-bond donors (Lipinski definition) is 2.